The number of hydrogen-bond acceptors (Lipinski definition) is 3. The van der Waals surface area contributed by atoms with E-state index in [0.717, 1.165) is 50.8 Å². The molecule has 0 amide bonds. The Morgan fingerprint density at radius 2 is 2.24 bits per heavy atom. The number of hydrogen-bond donors (Lipinski definition) is 0. The van der Waals surface area contributed by atoms with Crippen LogP contribution < -0.4 is 0 Å². The van der Waals surface area contributed by atoms with Gasteiger partial charge < -0.3 is 9.64 Å². The third kappa shape index (κ3) is 2.64. The predicted molar refractivity (Wildman–Crippen MR) is 70.7 cm³/mol. The van der Waals surface area contributed by atoms with Crippen molar-refractivity contribution in [3.8, 4) is 0 Å². The molecule has 4 nitrogen and oxygen atoms in total. The van der Waals surface area contributed by atoms with Crippen molar-refractivity contribution in [1.29, 1.82) is 0 Å². The number of amidine groups is 1. The Morgan fingerprint density at radius 1 is 1.47 bits per heavy atom. The molecule has 0 N–H and O–H groups in total. The zero-order valence-corrected chi connectivity index (χ0v) is 10.4. The molecule has 2 aliphatic rings. The van der Waals surface area contributed by atoms with Crippen molar-refractivity contribution in [3.63, 3.8) is 0 Å². The maximum absolute atomic E-state index is 5.38. The third-order valence-electron chi connectivity index (χ3n) is 2.97. The van der Waals surface area contributed by atoms with Gasteiger partial charge in [0.05, 0.1) is 18.9 Å². The van der Waals surface area contributed by atoms with E-state index in [0.29, 0.717) is 0 Å². The second kappa shape index (κ2) is 5.77. The third-order valence-corrected chi connectivity index (χ3v) is 2.97. The maximum Gasteiger partial charge on any atom is 0.129 e. The Hall–Kier alpha value is -1.42. The van der Waals surface area contributed by atoms with Crippen molar-refractivity contribution >= 4 is 12.6 Å². The Labute approximate surface area is 102 Å². The monoisotopic (exact) mass is 233 g/mol. The van der Waals surface area contributed by atoms with E-state index in [9.17, 15) is 0 Å². The fraction of sp³-hybridized carbons (Fsp3) is 0.538. The molecule has 1 fully saturated rings. The molecular weight excluding hydrogens is 214 g/mol. The zero-order valence-electron chi connectivity index (χ0n) is 10.4. The molecule has 0 bridgehead atoms. The van der Waals surface area contributed by atoms with Gasteiger partial charge in [-0.3, -0.25) is 9.98 Å². The van der Waals surface area contributed by atoms with Gasteiger partial charge in [0.15, 0.2) is 0 Å². The summed E-state index contributed by atoms with van der Waals surface area (Å²) in [5.74, 6) is 1.07. The van der Waals surface area contributed by atoms with Crippen LogP contribution in [0.2, 0.25) is 0 Å². The lowest BCUT2D eigenvalue weighted by Gasteiger charge is -2.30. The molecule has 1 aliphatic carbocycles. The lowest BCUT2D eigenvalue weighted by molar-refractivity contribution is 0.0680. The van der Waals surface area contributed by atoms with Crippen LogP contribution in [0, 0.1) is 0 Å². The van der Waals surface area contributed by atoms with E-state index in [1.807, 2.05) is 6.08 Å². The molecule has 17 heavy (non-hydrogen) atoms. The molecule has 0 spiro atoms. The molecule has 0 aromatic rings. The minimum atomic E-state index is 0.778. The van der Waals surface area contributed by atoms with Crippen LogP contribution >= 0.6 is 0 Å². The highest BCUT2D eigenvalue weighted by Gasteiger charge is 2.21. The van der Waals surface area contributed by atoms with E-state index in [2.05, 4.69) is 34.6 Å². The van der Waals surface area contributed by atoms with Crippen molar-refractivity contribution in [1.82, 2.24) is 4.90 Å². The molecule has 0 aromatic heterocycles. The second-order valence-electron chi connectivity index (χ2n) is 4.03. The second-order valence-corrected chi connectivity index (χ2v) is 4.03. The number of allylic oxidation sites excluding steroid dienone is 2. The molecule has 0 unspecified atom stereocenters. The molecule has 1 heterocycles. The normalized spacial score (nSPS) is 21.2. The molecule has 1 saturated heterocycles. The average molecular weight is 233 g/mol. The molecule has 92 valence electrons. The summed E-state index contributed by atoms with van der Waals surface area (Å²) in [4.78, 5) is 11.0. The Morgan fingerprint density at radius 3 is 2.88 bits per heavy atom. The molecular formula is C13H19N3O. The number of rotatable bonds is 3. The molecule has 1 aliphatic heterocycles. The lowest BCUT2D eigenvalue weighted by Crippen LogP contribution is -2.41. The van der Waals surface area contributed by atoms with Crippen molar-refractivity contribution in [2.45, 2.75) is 13.3 Å². The van der Waals surface area contributed by atoms with Crippen molar-refractivity contribution in [2.75, 3.05) is 32.8 Å². The minimum Gasteiger partial charge on any atom is -0.378 e. The van der Waals surface area contributed by atoms with Gasteiger partial charge in [-0.05, 0) is 26.1 Å². The minimum absolute atomic E-state index is 0.778. The van der Waals surface area contributed by atoms with Crippen molar-refractivity contribution in [2.24, 2.45) is 9.98 Å². The fourth-order valence-electron chi connectivity index (χ4n) is 2.16. The summed E-state index contributed by atoms with van der Waals surface area (Å²) < 4.78 is 5.38. The zero-order chi connectivity index (χ0) is 12.1. The van der Waals surface area contributed by atoms with E-state index in [1.54, 1.807) is 0 Å². The van der Waals surface area contributed by atoms with Crippen LogP contribution in [-0.2, 0) is 4.74 Å². The highest BCUT2D eigenvalue weighted by Crippen LogP contribution is 2.23. The Kier molecular flexibility index (Phi) is 4.09. The topological polar surface area (TPSA) is 37.2 Å². The van der Waals surface area contributed by atoms with Gasteiger partial charge in [0, 0.05) is 25.2 Å². The molecule has 0 saturated carbocycles. The largest absolute Gasteiger partial charge is 0.378 e. The molecule has 0 radical (unpaired) electrons. The summed E-state index contributed by atoms with van der Waals surface area (Å²) in [5.41, 5.74) is 2.16. The van der Waals surface area contributed by atoms with Crippen molar-refractivity contribution in [3.05, 3.63) is 23.4 Å². The fourth-order valence-corrected chi connectivity index (χ4v) is 2.16. The van der Waals surface area contributed by atoms with Crippen LogP contribution in [0.4, 0.5) is 0 Å². The first-order valence-electron chi connectivity index (χ1n) is 6.10. The summed E-state index contributed by atoms with van der Waals surface area (Å²) in [5, 5.41) is 0. The number of morpholine rings is 1. The Balaban J connectivity index is 2.23. The summed E-state index contributed by atoms with van der Waals surface area (Å²) in [6, 6.07) is 0. The quantitative estimate of drug-likeness (QED) is 0.549. The predicted octanol–water partition coefficient (Wildman–Crippen LogP) is 1.65. The number of nitrogens with zero attached hydrogens (tertiary/aromatic N) is 3. The summed E-state index contributed by atoms with van der Waals surface area (Å²) in [6.07, 6.45) is 5.05. The standard InChI is InChI=1S/C13H19N3O/c1-3-15-13(16-7-9-17-10-8-16)11-5-4-6-12(11)14-2/h4,6H,2-3,5,7-10H2,1H3. The van der Waals surface area contributed by atoms with Gasteiger partial charge in [0.1, 0.15) is 5.84 Å². The summed E-state index contributed by atoms with van der Waals surface area (Å²) >= 11 is 0. The van der Waals surface area contributed by atoms with E-state index >= 15 is 0 Å². The van der Waals surface area contributed by atoms with Gasteiger partial charge in [0.2, 0.25) is 0 Å². The van der Waals surface area contributed by atoms with Gasteiger partial charge in [0.25, 0.3) is 0 Å². The van der Waals surface area contributed by atoms with Gasteiger partial charge in [-0.2, -0.15) is 0 Å². The molecule has 0 aromatic carbocycles. The van der Waals surface area contributed by atoms with E-state index in [-0.39, 0.29) is 0 Å². The Bertz CT molecular complexity index is 376. The summed E-state index contributed by atoms with van der Waals surface area (Å²) in [6.45, 7) is 9.85. The summed E-state index contributed by atoms with van der Waals surface area (Å²) in [7, 11) is 0. The first-order valence-corrected chi connectivity index (χ1v) is 6.10. The van der Waals surface area contributed by atoms with Gasteiger partial charge in [-0.25, -0.2) is 0 Å². The smallest absolute Gasteiger partial charge is 0.129 e. The molecule has 4 heteroatoms. The highest BCUT2D eigenvalue weighted by atomic mass is 16.5. The van der Waals surface area contributed by atoms with Crippen LogP contribution in [0.1, 0.15) is 13.3 Å². The average Bonchev–Trinajstić information content (AvgIpc) is 2.85. The number of ether oxygens (including phenoxy) is 1. The molecule has 2 rings (SSSR count). The number of aliphatic imine (C=N–C) groups is 2. The van der Waals surface area contributed by atoms with Gasteiger partial charge in [-0.15, -0.1) is 0 Å². The van der Waals surface area contributed by atoms with Crippen molar-refractivity contribution < 1.29 is 4.74 Å². The van der Waals surface area contributed by atoms with Crippen LogP contribution in [-0.4, -0.2) is 50.3 Å². The first-order chi connectivity index (χ1) is 8.36. The molecule has 0 atom stereocenters. The van der Waals surface area contributed by atoms with Gasteiger partial charge >= 0.3 is 0 Å². The van der Waals surface area contributed by atoms with Crippen LogP contribution in [0.5, 0.6) is 0 Å². The van der Waals surface area contributed by atoms with Crippen LogP contribution in [0.15, 0.2) is 33.4 Å². The maximum atomic E-state index is 5.38. The van der Waals surface area contributed by atoms with Crippen LogP contribution in [0.3, 0.4) is 0 Å². The highest BCUT2D eigenvalue weighted by molar-refractivity contribution is 6.00. The van der Waals surface area contributed by atoms with E-state index in [1.165, 1.54) is 5.57 Å². The van der Waals surface area contributed by atoms with E-state index < -0.39 is 0 Å². The SMILES string of the molecule is C=NC1=C(C(=NCC)N2CCOCC2)CC=C1. The van der Waals surface area contributed by atoms with Crippen LogP contribution in [0.25, 0.3) is 0 Å². The first kappa shape index (κ1) is 12.0. The van der Waals surface area contributed by atoms with Gasteiger partial charge in [-0.1, -0.05) is 6.08 Å². The lowest BCUT2D eigenvalue weighted by atomic mass is 10.1. The van der Waals surface area contributed by atoms with E-state index in [4.69, 9.17) is 4.74 Å².